The molecule has 0 saturated carbocycles. The lowest BCUT2D eigenvalue weighted by atomic mass is 10.1. The molecule has 0 aliphatic carbocycles. The molecule has 1 aromatic carbocycles. The summed E-state index contributed by atoms with van der Waals surface area (Å²) in [4.78, 5) is 31.1. The van der Waals surface area contributed by atoms with E-state index in [1.165, 1.54) is 22.2 Å². The summed E-state index contributed by atoms with van der Waals surface area (Å²) in [7, 11) is 0. The van der Waals surface area contributed by atoms with Crippen LogP contribution in [0.2, 0.25) is 0 Å². The number of carbonyl (C=O) groups is 1. The molecule has 6 nitrogen and oxygen atoms in total. The van der Waals surface area contributed by atoms with E-state index in [-0.39, 0.29) is 18.0 Å². The van der Waals surface area contributed by atoms with Crippen LogP contribution in [0.3, 0.4) is 0 Å². The van der Waals surface area contributed by atoms with Gasteiger partial charge in [-0.1, -0.05) is 30.3 Å². The topological polar surface area (TPSA) is 76.3 Å². The van der Waals surface area contributed by atoms with E-state index in [4.69, 9.17) is 0 Å². The van der Waals surface area contributed by atoms with Gasteiger partial charge in [-0.05, 0) is 29.5 Å². The van der Waals surface area contributed by atoms with Crippen LogP contribution in [-0.4, -0.2) is 21.7 Å². The molecular formula is C20H16N4O2S2. The second-order valence-electron chi connectivity index (χ2n) is 6.13. The molecule has 140 valence electrons. The van der Waals surface area contributed by atoms with E-state index in [1.807, 2.05) is 54.1 Å². The van der Waals surface area contributed by atoms with Gasteiger partial charge >= 0.3 is 0 Å². The Morgan fingerprint density at radius 2 is 2.07 bits per heavy atom. The number of hydrazone groups is 1. The van der Waals surface area contributed by atoms with Crippen molar-refractivity contribution in [1.29, 1.82) is 0 Å². The predicted octanol–water partition coefficient (Wildman–Crippen LogP) is 3.65. The van der Waals surface area contributed by atoms with Crippen LogP contribution < -0.4 is 11.0 Å². The monoisotopic (exact) mass is 408 g/mol. The number of benzene rings is 1. The summed E-state index contributed by atoms with van der Waals surface area (Å²) in [5.74, 6) is -0.384. The first-order chi connectivity index (χ1) is 13.6. The number of fused-ring (bicyclic) bond motifs is 1. The molecule has 0 fully saturated rings. The molecule has 4 rings (SSSR count). The summed E-state index contributed by atoms with van der Waals surface area (Å²) in [5, 5.41) is 8.39. The number of thiophene rings is 2. The van der Waals surface area contributed by atoms with E-state index < -0.39 is 0 Å². The lowest BCUT2D eigenvalue weighted by molar-refractivity contribution is -0.121. The second-order valence-corrected chi connectivity index (χ2v) is 7.94. The summed E-state index contributed by atoms with van der Waals surface area (Å²) in [6.07, 6.45) is 3.01. The van der Waals surface area contributed by atoms with Crippen LogP contribution in [0, 0.1) is 6.92 Å². The number of aromatic nitrogens is 2. The quantitative estimate of drug-likeness (QED) is 0.405. The van der Waals surface area contributed by atoms with E-state index in [9.17, 15) is 9.59 Å². The first-order valence-electron chi connectivity index (χ1n) is 8.51. The van der Waals surface area contributed by atoms with Crippen molar-refractivity contribution in [2.45, 2.75) is 13.5 Å². The highest BCUT2D eigenvalue weighted by Crippen LogP contribution is 2.30. The van der Waals surface area contributed by atoms with Gasteiger partial charge in [0.25, 0.3) is 11.5 Å². The Bertz CT molecular complexity index is 1220. The van der Waals surface area contributed by atoms with Crippen molar-refractivity contribution in [1.82, 2.24) is 15.0 Å². The van der Waals surface area contributed by atoms with Crippen molar-refractivity contribution in [2.24, 2.45) is 5.10 Å². The van der Waals surface area contributed by atoms with E-state index in [0.717, 1.165) is 21.6 Å². The zero-order valence-corrected chi connectivity index (χ0v) is 16.6. The number of amides is 1. The Hall–Kier alpha value is -3.10. The molecule has 0 saturated heterocycles. The summed E-state index contributed by atoms with van der Waals surface area (Å²) in [5.41, 5.74) is 5.11. The molecule has 8 heteroatoms. The molecule has 3 heterocycles. The number of rotatable bonds is 5. The van der Waals surface area contributed by atoms with Gasteiger partial charge < -0.3 is 0 Å². The lowest BCUT2D eigenvalue weighted by Gasteiger charge is -2.05. The third kappa shape index (κ3) is 3.64. The van der Waals surface area contributed by atoms with Gasteiger partial charge in [-0.2, -0.15) is 5.10 Å². The van der Waals surface area contributed by atoms with Gasteiger partial charge in [0.05, 0.1) is 17.9 Å². The normalized spacial score (nSPS) is 11.3. The van der Waals surface area contributed by atoms with Crippen molar-refractivity contribution in [3.8, 4) is 11.1 Å². The average molecular weight is 409 g/mol. The first kappa shape index (κ1) is 18.3. The van der Waals surface area contributed by atoms with Crippen molar-refractivity contribution in [3.05, 3.63) is 74.3 Å². The fourth-order valence-electron chi connectivity index (χ4n) is 2.78. The number of carbonyl (C=O) groups excluding carboxylic acids is 1. The maximum absolute atomic E-state index is 12.9. The molecular weight excluding hydrogens is 392 g/mol. The molecule has 0 bridgehead atoms. The minimum absolute atomic E-state index is 0.146. The fraction of sp³-hybridized carbons (Fsp3) is 0.100. The van der Waals surface area contributed by atoms with Crippen LogP contribution in [-0.2, 0) is 11.3 Å². The van der Waals surface area contributed by atoms with Crippen LogP contribution in [0.4, 0.5) is 0 Å². The Labute approximate surface area is 168 Å². The van der Waals surface area contributed by atoms with E-state index in [0.29, 0.717) is 10.2 Å². The molecule has 3 aromatic heterocycles. The number of nitrogens with one attached hydrogen (secondary N) is 1. The van der Waals surface area contributed by atoms with Gasteiger partial charge in [0.15, 0.2) is 0 Å². The third-order valence-corrected chi connectivity index (χ3v) is 6.07. The molecule has 4 aromatic rings. The van der Waals surface area contributed by atoms with Gasteiger partial charge in [0.1, 0.15) is 11.4 Å². The second kappa shape index (κ2) is 7.87. The first-order valence-corrected chi connectivity index (χ1v) is 10.3. The average Bonchev–Trinajstić information content (AvgIpc) is 3.31. The van der Waals surface area contributed by atoms with Crippen molar-refractivity contribution in [2.75, 3.05) is 0 Å². The molecule has 1 N–H and O–H groups in total. The zero-order chi connectivity index (χ0) is 19.5. The summed E-state index contributed by atoms with van der Waals surface area (Å²) in [6, 6.07) is 11.7. The highest BCUT2D eigenvalue weighted by Gasteiger charge is 2.14. The van der Waals surface area contributed by atoms with Crippen LogP contribution in [0.15, 0.2) is 63.4 Å². The molecule has 1 amide bonds. The van der Waals surface area contributed by atoms with E-state index >= 15 is 0 Å². The summed E-state index contributed by atoms with van der Waals surface area (Å²) in [6.45, 7) is 1.83. The summed E-state index contributed by atoms with van der Waals surface area (Å²) >= 11 is 2.96. The minimum Gasteiger partial charge on any atom is -0.289 e. The number of hydrogen-bond acceptors (Lipinski definition) is 6. The molecule has 28 heavy (non-hydrogen) atoms. The van der Waals surface area contributed by atoms with Crippen LogP contribution in [0.1, 0.15) is 10.4 Å². The lowest BCUT2D eigenvalue weighted by Crippen LogP contribution is -2.30. The Morgan fingerprint density at radius 3 is 2.82 bits per heavy atom. The molecule has 0 unspecified atom stereocenters. The Morgan fingerprint density at radius 1 is 1.25 bits per heavy atom. The molecule has 0 radical (unpaired) electrons. The molecule has 0 atom stereocenters. The molecule has 0 aliphatic rings. The largest absolute Gasteiger partial charge is 0.289 e. The predicted molar refractivity (Wildman–Crippen MR) is 114 cm³/mol. The van der Waals surface area contributed by atoms with Crippen LogP contribution in [0.25, 0.3) is 21.3 Å². The highest BCUT2D eigenvalue weighted by molar-refractivity contribution is 7.17. The number of nitrogens with zero attached hydrogens (tertiary/aromatic N) is 3. The van der Waals surface area contributed by atoms with E-state index in [2.05, 4.69) is 15.5 Å². The van der Waals surface area contributed by atoms with Crippen LogP contribution in [0.5, 0.6) is 0 Å². The van der Waals surface area contributed by atoms with Crippen molar-refractivity contribution < 1.29 is 4.79 Å². The van der Waals surface area contributed by atoms with E-state index in [1.54, 1.807) is 17.6 Å². The van der Waals surface area contributed by atoms with Crippen molar-refractivity contribution in [3.63, 3.8) is 0 Å². The van der Waals surface area contributed by atoms with Crippen LogP contribution >= 0.6 is 22.7 Å². The Kier molecular flexibility index (Phi) is 5.14. The highest BCUT2D eigenvalue weighted by atomic mass is 32.1. The number of hydrogen-bond donors (Lipinski definition) is 1. The minimum atomic E-state index is -0.384. The Balaban J connectivity index is 1.57. The van der Waals surface area contributed by atoms with Gasteiger partial charge in [-0.15, -0.1) is 22.7 Å². The summed E-state index contributed by atoms with van der Waals surface area (Å²) < 4.78 is 1.31. The maximum atomic E-state index is 12.9. The maximum Gasteiger partial charge on any atom is 0.263 e. The van der Waals surface area contributed by atoms with Crippen molar-refractivity contribution >= 4 is 45.0 Å². The molecule has 0 spiro atoms. The molecule has 0 aliphatic heterocycles. The zero-order valence-electron chi connectivity index (χ0n) is 15.0. The standard InChI is InChI=1S/C20H16N4O2S2/c1-13-7-8-27-16(13)9-22-23-17(25)10-24-12-21-19-18(20(24)26)15(11-28-19)14-5-3-2-4-6-14/h2-9,11-12H,10H2,1H3,(H,23,25). The van der Waals surface area contributed by atoms with Gasteiger partial charge in [-0.25, -0.2) is 10.4 Å². The SMILES string of the molecule is Cc1ccsc1C=NNC(=O)Cn1cnc2scc(-c3ccccc3)c2c1=O. The fourth-order valence-corrected chi connectivity index (χ4v) is 4.47. The number of aryl methyl sites for hydroxylation is 1. The third-order valence-electron chi connectivity index (χ3n) is 4.23. The smallest absolute Gasteiger partial charge is 0.263 e. The van der Waals surface area contributed by atoms with Gasteiger partial charge in [-0.3, -0.25) is 14.2 Å². The van der Waals surface area contributed by atoms with Gasteiger partial charge in [0.2, 0.25) is 0 Å². The van der Waals surface area contributed by atoms with Gasteiger partial charge in [0, 0.05) is 15.8 Å².